The molecule has 0 bridgehead atoms. The maximum Gasteiger partial charge on any atom is 0.132 e. The summed E-state index contributed by atoms with van der Waals surface area (Å²) in [5.74, 6) is 0.278. The molecule has 3 nitrogen and oxygen atoms in total. The van der Waals surface area contributed by atoms with Crippen molar-refractivity contribution in [2.45, 2.75) is 26.2 Å². The Bertz CT molecular complexity index is 334. The lowest BCUT2D eigenvalue weighted by Gasteiger charge is -2.03. The van der Waals surface area contributed by atoms with Crippen LogP contribution >= 0.6 is 0 Å². The molecular weight excluding hydrogens is 176 g/mol. The van der Waals surface area contributed by atoms with E-state index in [-0.39, 0.29) is 5.78 Å². The van der Waals surface area contributed by atoms with Crippen molar-refractivity contribution >= 4 is 17.2 Å². The Morgan fingerprint density at radius 3 is 2.57 bits per heavy atom. The van der Waals surface area contributed by atoms with Crippen LogP contribution in [0.3, 0.4) is 0 Å². The Morgan fingerprint density at radius 1 is 1.29 bits per heavy atom. The van der Waals surface area contributed by atoms with Gasteiger partial charge in [-0.05, 0) is 24.1 Å². The van der Waals surface area contributed by atoms with Gasteiger partial charge in [0.25, 0.3) is 0 Å². The second-order valence-corrected chi connectivity index (χ2v) is 3.36. The van der Waals surface area contributed by atoms with Crippen molar-refractivity contribution in [2.75, 3.05) is 11.5 Å². The summed E-state index contributed by atoms with van der Waals surface area (Å²) in [6, 6.07) is 5.52. The highest BCUT2D eigenvalue weighted by atomic mass is 16.1. The third kappa shape index (κ3) is 2.76. The molecule has 0 spiro atoms. The highest BCUT2D eigenvalue weighted by Gasteiger charge is 2.01. The molecule has 0 fully saturated rings. The molecule has 0 amide bonds. The standard InChI is InChI=1S/C11H16N2O/c1-2-9(14)5-3-8-4-6-10(12)11(13)7-8/h4,6-7H,2-3,5,12-13H2,1H3. The Balaban J connectivity index is 2.60. The number of hydrogen-bond donors (Lipinski definition) is 2. The first-order chi connectivity index (χ1) is 6.63. The van der Waals surface area contributed by atoms with Gasteiger partial charge in [0.05, 0.1) is 11.4 Å². The number of carbonyl (C=O) groups is 1. The molecule has 76 valence electrons. The summed E-state index contributed by atoms with van der Waals surface area (Å²) in [4.78, 5) is 11.1. The van der Waals surface area contributed by atoms with Gasteiger partial charge in [0.15, 0.2) is 0 Å². The van der Waals surface area contributed by atoms with Crippen molar-refractivity contribution in [1.82, 2.24) is 0 Å². The zero-order valence-electron chi connectivity index (χ0n) is 8.42. The molecule has 0 atom stereocenters. The minimum atomic E-state index is 0.278. The Kier molecular flexibility index (Phi) is 3.51. The van der Waals surface area contributed by atoms with Crippen molar-refractivity contribution in [3.63, 3.8) is 0 Å². The fourth-order valence-corrected chi connectivity index (χ4v) is 1.24. The maximum absolute atomic E-state index is 11.1. The van der Waals surface area contributed by atoms with Gasteiger partial charge in [-0.15, -0.1) is 0 Å². The van der Waals surface area contributed by atoms with Crippen LogP contribution in [0.15, 0.2) is 18.2 Å². The number of nitrogens with two attached hydrogens (primary N) is 2. The third-order valence-electron chi connectivity index (χ3n) is 2.24. The monoisotopic (exact) mass is 192 g/mol. The lowest BCUT2D eigenvalue weighted by Crippen LogP contribution is -2.00. The number of benzene rings is 1. The molecule has 0 saturated heterocycles. The lowest BCUT2D eigenvalue weighted by atomic mass is 10.1. The van der Waals surface area contributed by atoms with Crippen molar-refractivity contribution in [2.24, 2.45) is 0 Å². The van der Waals surface area contributed by atoms with E-state index in [4.69, 9.17) is 11.5 Å². The van der Waals surface area contributed by atoms with Crippen LogP contribution < -0.4 is 11.5 Å². The Morgan fingerprint density at radius 2 is 2.00 bits per heavy atom. The van der Waals surface area contributed by atoms with E-state index in [1.165, 1.54) is 0 Å². The minimum absolute atomic E-state index is 0.278. The molecule has 0 unspecified atom stereocenters. The molecular formula is C11H16N2O. The molecule has 0 aromatic heterocycles. The summed E-state index contributed by atoms with van der Waals surface area (Å²) < 4.78 is 0. The molecule has 1 aromatic rings. The fraction of sp³-hybridized carbons (Fsp3) is 0.364. The quantitative estimate of drug-likeness (QED) is 0.714. The number of Topliss-reactive ketones (excluding diaryl/α,β-unsaturated/α-hetero) is 1. The molecule has 0 aliphatic carbocycles. The first-order valence-electron chi connectivity index (χ1n) is 4.79. The van der Waals surface area contributed by atoms with E-state index in [1.807, 2.05) is 19.1 Å². The molecule has 0 aliphatic heterocycles. The highest BCUT2D eigenvalue weighted by Crippen LogP contribution is 2.17. The second-order valence-electron chi connectivity index (χ2n) is 3.36. The van der Waals surface area contributed by atoms with E-state index in [1.54, 1.807) is 6.07 Å². The molecule has 4 N–H and O–H groups in total. The zero-order valence-corrected chi connectivity index (χ0v) is 8.42. The van der Waals surface area contributed by atoms with Gasteiger partial charge in [-0.2, -0.15) is 0 Å². The summed E-state index contributed by atoms with van der Waals surface area (Å²) in [6.45, 7) is 1.87. The van der Waals surface area contributed by atoms with Crippen LogP contribution in [0.2, 0.25) is 0 Å². The van der Waals surface area contributed by atoms with Crippen molar-refractivity contribution in [3.8, 4) is 0 Å². The van der Waals surface area contributed by atoms with E-state index >= 15 is 0 Å². The van der Waals surface area contributed by atoms with E-state index in [0.29, 0.717) is 24.2 Å². The number of nitrogen functional groups attached to an aromatic ring is 2. The summed E-state index contributed by atoms with van der Waals surface area (Å²) in [6.07, 6.45) is 1.93. The Hall–Kier alpha value is -1.51. The van der Waals surface area contributed by atoms with Gasteiger partial charge >= 0.3 is 0 Å². The van der Waals surface area contributed by atoms with Crippen LogP contribution in [-0.2, 0) is 11.2 Å². The second kappa shape index (κ2) is 4.65. The first-order valence-corrected chi connectivity index (χ1v) is 4.79. The largest absolute Gasteiger partial charge is 0.397 e. The predicted molar refractivity (Wildman–Crippen MR) is 58.9 cm³/mol. The minimum Gasteiger partial charge on any atom is -0.397 e. The van der Waals surface area contributed by atoms with Crippen LogP contribution in [0.25, 0.3) is 0 Å². The van der Waals surface area contributed by atoms with Gasteiger partial charge in [-0.3, -0.25) is 4.79 Å². The topological polar surface area (TPSA) is 69.1 Å². The van der Waals surface area contributed by atoms with Gasteiger partial charge in [0, 0.05) is 12.8 Å². The lowest BCUT2D eigenvalue weighted by molar-refractivity contribution is -0.118. The number of aryl methyl sites for hydroxylation is 1. The van der Waals surface area contributed by atoms with Gasteiger partial charge in [-0.25, -0.2) is 0 Å². The van der Waals surface area contributed by atoms with Crippen molar-refractivity contribution in [3.05, 3.63) is 23.8 Å². The number of carbonyl (C=O) groups excluding carboxylic acids is 1. The number of ketones is 1. The van der Waals surface area contributed by atoms with E-state index in [9.17, 15) is 4.79 Å². The maximum atomic E-state index is 11.1. The van der Waals surface area contributed by atoms with E-state index in [2.05, 4.69) is 0 Å². The van der Waals surface area contributed by atoms with Gasteiger partial charge in [0.2, 0.25) is 0 Å². The van der Waals surface area contributed by atoms with E-state index < -0.39 is 0 Å². The van der Waals surface area contributed by atoms with E-state index in [0.717, 1.165) is 12.0 Å². The van der Waals surface area contributed by atoms with Crippen LogP contribution in [0.1, 0.15) is 25.3 Å². The number of anilines is 2. The third-order valence-corrected chi connectivity index (χ3v) is 2.24. The van der Waals surface area contributed by atoms with Crippen molar-refractivity contribution < 1.29 is 4.79 Å². The molecule has 0 saturated carbocycles. The van der Waals surface area contributed by atoms with Crippen LogP contribution in [-0.4, -0.2) is 5.78 Å². The average Bonchev–Trinajstić information content (AvgIpc) is 2.19. The van der Waals surface area contributed by atoms with Crippen molar-refractivity contribution in [1.29, 1.82) is 0 Å². The number of rotatable bonds is 4. The van der Waals surface area contributed by atoms with Gasteiger partial charge in [0.1, 0.15) is 5.78 Å². The molecule has 1 aromatic carbocycles. The Labute approximate surface area is 84.1 Å². The van der Waals surface area contributed by atoms with Crippen LogP contribution in [0.4, 0.5) is 11.4 Å². The molecule has 0 heterocycles. The van der Waals surface area contributed by atoms with Crippen LogP contribution in [0, 0.1) is 0 Å². The SMILES string of the molecule is CCC(=O)CCc1ccc(N)c(N)c1. The van der Waals surface area contributed by atoms with Gasteiger partial charge < -0.3 is 11.5 Å². The summed E-state index contributed by atoms with van der Waals surface area (Å²) in [5, 5.41) is 0. The molecule has 0 radical (unpaired) electrons. The molecule has 1 rings (SSSR count). The average molecular weight is 192 g/mol. The summed E-state index contributed by atoms with van der Waals surface area (Å²) >= 11 is 0. The van der Waals surface area contributed by atoms with Crippen LogP contribution in [0.5, 0.6) is 0 Å². The van der Waals surface area contributed by atoms with Gasteiger partial charge in [-0.1, -0.05) is 13.0 Å². The fourth-order valence-electron chi connectivity index (χ4n) is 1.24. The summed E-state index contributed by atoms with van der Waals surface area (Å²) in [5.41, 5.74) is 13.5. The molecule has 14 heavy (non-hydrogen) atoms. The first kappa shape index (κ1) is 10.6. The molecule has 0 aliphatic rings. The smallest absolute Gasteiger partial charge is 0.132 e. The number of hydrogen-bond acceptors (Lipinski definition) is 3. The summed E-state index contributed by atoms with van der Waals surface area (Å²) in [7, 11) is 0. The predicted octanol–water partition coefficient (Wildman–Crippen LogP) is 1.76. The normalized spacial score (nSPS) is 10.1. The molecule has 3 heteroatoms. The zero-order chi connectivity index (χ0) is 10.6. The highest BCUT2D eigenvalue weighted by molar-refractivity contribution is 5.78.